The molecule has 1 saturated heterocycles. The Balaban J connectivity index is 2.33. The Kier molecular flexibility index (Phi) is 4.92. The summed E-state index contributed by atoms with van der Waals surface area (Å²) in [5.41, 5.74) is 0.981. The molecule has 120 valence electrons. The van der Waals surface area contributed by atoms with Crippen molar-refractivity contribution in [3.63, 3.8) is 0 Å². The van der Waals surface area contributed by atoms with Gasteiger partial charge in [0.15, 0.2) is 0 Å². The minimum Gasteiger partial charge on any atom is -0.508 e. The first-order valence-corrected chi connectivity index (χ1v) is 7.73. The van der Waals surface area contributed by atoms with Crippen molar-refractivity contribution in [1.82, 2.24) is 5.32 Å². The average Bonchev–Trinajstić information content (AvgIpc) is 2.56. The second-order valence-electron chi connectivity index (χ2n) is 6.58. The van der Waals surface area contributed by atoms with Gasteiger partial charge in [0, 0.05) is 11.6 Å². The lowest BCUT2D eigenvalue weighted by molar-refractivity contribution is 0.00578. The molecule has 0 spiro atoms. The first-order chi connectivity index (χ1) is 10.1. The van der Waals surface area contributed by atoms with Crippen molar-refractivity contribution in [3.05, 3.63) is 34.3 Å². The van der Waals surface area contributed by atoms with Gasteiger partial charge in [-0.3, -0.25) is 0 Å². The normalized spacial score (nSPS) is 20.5. The van der Waals surface area contributed by atoms with Gasteiger partial charge >= 0.3 is 7.12 Å². The lowest BCUT2D eigenvalue weighted by Gasteiger charge is -2.32. The Labute approximate surface area is 137 Å². The molecule has 1 aromatic rings. The fourth-order valence-corrected chi connectivity index (χ4v) is 2.53. The molecule has 0 aromatic heterocycles. The van der Waals surface area contributed by atoms with Crippen LogP contribution in [0.2, 0.25) is 5.02 Å². The molecule has 0 radical (unpaired) electrons. The summed E-state index contributed by atoms with van der Waals surface area (Å²) < 4.78 is 12.2. The first-order valence-electron chi connectivity index (χ1n) is 7.35. The van der Waals surface area contributed by atoms with Gasteiger partial charge in [-0.2, -0.15) is 0 Å². The SMILES string of the molecule is CNCC(=Cc1cc(O)cc(Cl)c1)B1OC(C)(C)C(C)(C)O1. The number of benzene rings is 1. The van der Waals surface area contributed by atoms with Gasteiger partial charge in [-0.05, 0) is 64.0 Å². The fourth-order valence-electron chi connectivity index (χ4n) is 2.29. The quantitative estimate of drug-likeness (QED) is 0.835. The minimum atomic E-state index is -0.432. The second-order valence-corrected chi connectivity index (χ2v) is 7.02. The highest BCUT2D eigenvalue weighted by atomic mass is 35.5. The molecular weight excluding hydrogens is 300 g/mol. The lowest BCUT2D eigenvalue weighted by Crippen LogP contribution is -2.41. The Bertz CT molecular complexity index is 551. The van der Waals surface area contributed by atoms with E-state index in [-0.39, 0.29) is 17.0 Å². The molecule has 0 bridgehead atoms. The van der Waals surface area contributed by atoms with Gasteiger partial charge in [-0.25, -0.2) is 0 Å². The van der Waals surface area contributed by atoms with Gasteiger partial charge in [0.05, 0.1) is 11.2 Å². The zero-order valence-corrected chi connectivity index (χ0v) is 14.5. The number of halogens is 1. The maximum absolute atomic E-state index is 9.68. The zero-order valence-electron chi connectivity index (χ0n) is 13.7. The molecule has 1 aromatic carbocycles. The van der Waals surface area contributed by atoms with Crippen molar-refractivity contribution in [1.29, 1.82) is 0 Å². The van der Waals surface area contributed by atoms with Gasteiger partial charge in [0.25, 0.3) is 0 Å². The number of rotatable bonds is 4. The maximum Gasteiger partial charge on any atom is 0.491 e. The van der Waals surface area contributed by atoms with Gasteiger partial charge in [0.1, 0.15) is 5.75 Å². The van der Waals surface area contributed by atoms with Crippen molar-refractivity contribution >= 4 is 24.8 Å². The van der Waals surface area contributed by atoms with E-state index in [9.17, 15) is 5.11 Å². The van der Waals surface area contributed by atoms with E-state index in [0.717, 1.165) is 11.0 Å². The molecular formula is C16H23BClNO3. The molecule has 4 nitrogen and oxygen atoms in total. The Morgan fingerprint density at radius 3 is 2.32 bits per heavy atom. The van der Waals surface area contributed by atoms with Crippen LogP contribution in [-0.2, 0) is 9.31 Å². The highest BCUT2D eigenvalue weighted by molar-refractivity contribution is 6.56. The highest BCUT2D eigenvalue weighted by Crippen LogP contribution is 2.38. The largest absolute Gasteiger partial charge is 0.508 e. The first kappa shape index (κ1) is 17.4. The van der Waals surface area contributed by atoms with Gasteiger partial charge in [-0.1, -0.05) is 17.7 Å². The predicted molar refractivity (Wildman–Crippen MR) is 91.1 cm³/mol. The number of aromatic hydroxyl groups is 1. The van der Waals surface area contributed by atoms with E-state index in [1.54, 1.807) is 12.1 Å². The molecule has 1 aliphatic heterocycles. The molecule has 0 atom stereocenters. The number of hydrogen-bond donors (Lipinski definition) is 2. The third-order valence-electron chi connectivity index (χ3n) is 4.19. The van der Waals surface area contributed by atoms with Gasteiger partial charge in [0.2, 0.25) is 0 Å². The van der Waals surface area contributed by atoms with Crippen LogP contribution in [0.3, 0.4) is 0 Å². The number of likely N-dealkylation sites (N-methyl/N-ethyl adjacent to an activating group) is 1. The molecule has 1 aliphatic rings. The van der Waals surface area contributed by atoms with Gasteiger partial charge in [-0.15, -0.1) is 0 Å². The van der Waals surface area contributed by atoms with Crippen LogP contribution in [0.1, 0.15) is 33.3 Å². The minimum absolute atomic E-state index is 0.136. The van der Waals surface area contributed by atoms with Crippen molar-refractivity contribution in [2.24, 2.45) is 0 Å². The summed E-state index contributed by atoms with van der Waals surface area (Å²) in [6.07, 6.45) is 1.93. The highest BCUT2D eigenvalue weighted by Gasteiger charge is 2.52. The molecule has 1 heterocycles. The van der Waals surface area contributed by atoms with Crippen LogP contribution in [0.25, 0.3) is 6.08 Å². The Hall–Kier alpha value is -1.01. The Morgan fingerprint density at radius 2 is 1.82 bits per heavy atom. The predicted octanol–water partition coefficient (Wildman–Crippen LogP) is 3.28. The van der Waals surface area contributed by atoms with Gasteiger partial charge < -0.3 is 19.7 Å². The third-order valence-corrected chi connectivity index (χ3v) is 4.41. The van der Waals surface area contributed by atoms with E-state index < -0.39 is 7.12 Å². The number of phenolic OH excluding ortho intramolecular Hbond substituents is 1. The van der Waals surface area contributed by atoms with E-state index in [0.29, 0.717) is 11.6 Å². The zero-order chi connectivity index (χ0) is 16.5. The summed E-state index contributed by atoms with van der Waals surface area (Å²) in [5, 5.41) is 13.3. The molecule has 1 fully saturated rings. The smallest absolute Gasteiger partial charge is 0.491 e. The fraction of sp³-hybridized carbons (Fsp3) is 0.500. The molecule has 0 unspecified atom stereocenters. The molecule has 0 saturated carbocycles. The van der Waals surface area contributed by atoms with Crippen molar-refractivity contribution in [3.8, 4) is 5.75 Å². The topological polar surface area (TPSA) is 50.7 Å². The summed E-state index contributed by atoms with van der Waals surface area (Å²) in [6.45, 7) is 8.71. The standard InChI is InChI=1S/C16H23BClNO3/c1-15(2)16(3,4)22-17(21-15)12(10-19-5)6-11-7-13(18)9-14(20)8-11/h6-9,19-20H,10H2,1-5H3. The maximum atomic E-state index is 9.68. The summed E-state index contributed by atoms with van der Waals surface area (Å²) >= 11 is 5.99. The second kappa shape index (κ2) is 6.24. The van der Waals surface area contributed by atoms with E-state index >= 15 is 0 Å². The lowest BCUT2D eigenvalue weighted by atomic mass is 9.77. The Morgan fingerprint density at radius 1 is 1.23 bits per heavy atom. The van der Waals surface area contributed by atoms with Crippen LogP contribution < -0.4 is 5.32 Å². The molecule has 2 N–H and O–H groups in total. The van der Waals surface area contributed by atoms with E-state index in [1.165, 1.54) is 6.07 Å². The van der Waals surface area contributed by atoms with E-state index in [2.05, 4.69) is 5.32 Å². The summed E-state index contributed by atoms with van der Waals surface area (Å²) in [6, 6.07) is 4.96. The molecule has 6 heteroatoms. The van der Waals surface area contributed by atoms with Crippen molar-refractivity contribution < 1.29 is 14.4 Å². The van der Waals surface area contributed by atoms with E-state index in [1.807, 2.05) is 40.8 Å². The average molecular weight is 324 g/mol. The van der Waals surface area contributed by atoms with Crippen LogP contribution in [0.4, 0.5) is 0 Å². The van der Waals surface area contributed by atoms with Crippen LogP contribution in [-0.4, -0.2) is 37.0 Å². The summed E-state index contributed by atoms with van der Waals surface area (Å²) in [5.74, 6) is 0.136. The van der Waals surface area contributed by atoms with Crippen LogP contribution >= 0.6 is 11.6 Å². The monoisotopic (exact) mass is 323 g/mol. The third kappa shape index (κ3) is 3.66. The molecule has 2 rings (SSSR count). The van der Waals surface area contributed by atoms with Crippen molar-refractivity contribution in [2.75, 3.05) is 13.6 Å². The van der Waals surface area contributed by atoms with Crippen LogP contribution in [0.5, 0.6) is 5.75 Å². The van der Waals surface area contributed by atoms with E-state index in [4.69, 9.17) is 20.9 Å². The summed E-state index contributed by atoms with van der Waals surface area (Å²) in [4.78, 5) is 0. The summed E-state index contributed by atoms with van der Waals surface area (Å²) in [7, 11) is 1.44. The molecule has 0 aliphatic carbocycles. The molecule has 22 heavy (non-hydrogen) atoms. The van der Waals surface area contributed by atoms with Crippen LogP contribution in [0.15, 0.2) is 23.7 Å². The number of phenols is 1. The molecule has 0 amide bonds. The van der Waals surface area contributed by atoms with Crippen molar-refractivity contribution in [2.45, 2.75) is 38.9 Å². The number of nitrogens with one attached hydrogen (secondary N) is 1. The number of hydrogen-bond acceptors (Lipinski definition) is 4. The van der Waals surface area contributed by atoms with Crippen LogP contribution in [0, 0.1) is 0 Å².